The average Bonchev–Trinajstić information content (AvgIpc) is 3.18. The number of esters is 1. The zero-order chi connectivity index (χ0) is 13.3. The molecule has 0 unspecified atom stereocenters. The number of ether oxygens (including phenoxy) is 1. The van der Waals surface area contributed by atoms with Crippen LogP contribution in [0, 0.1) is 5.41 Å². The molecule has 2 fully saturated rings. The van der Waals surface area contributed by atoms with Gasteiger partial charge >= 0.3 is 5.97 Å². The van der Waals surface area contributed by atoms with E-state index in [2.05, 4.69) is 9.88 Å². The van der Waals surface area contributed by atoms with Crippen LogP contribution in [0.3, 0.4) is 0 Å². The van der Waals surface area contributed by atoms with Gasteiger partial charge < -0.3 is 9.64 Å². The smallest absolute Gasteiger partial charge is 0.339 e. The second kappa shape index (κ2) is 4.83. The highest BCUT2D eigenvalue weighted by Crippen LogP contribution is 2.52. The summed E-state index contributed by atoms with van der Waals surface area (Å²) in [6.07, 6.45) is 6.97. The van der Waals surface area contributed by atoms with E-state index in [-0.39, 0.29) is 5.97 Å². The predicted molar refractivity (Wildman–Crippen MR) is 73.3 cm³/mol. The molecule has 4 heteroatoms. The number of piperidine rings is 1. The van der Waals surface area contributed by atoms with Crippen LogP contribution in [0.4, 0.5) is 5.82 Å². The summed E-state index contributed by atoms with van der Waals surface area (Å²) in [6.45, 7) is 4.41. The van der Waals surface area contributed by atoms with Crippen molar-refractivity contribution >= 4 is 11.8 Å². The zero-order valence-corrected chi connectivity index (χ0v) is 11.4. The molecule has 19 heavy (non-hydrogen) atoms. The lowest BCUT2D eigenvalue weighted by atomic mass is 9.95. The first-order valence-corrected chi connectivity index (χ1v) is 7.11. The number of hydrogen-bond donors (Lipinski definition) is 0. The molecular weight excluding hydrogens is 240 g/mol. The molecule has 2 heterocycles. The molecule has 102 valence electrons. The van der Waals surface area contributed by atoms with Crippen molar-refractivity contribution in [1.82, 2.24) is 4.98 Å². The lowest BCUT2D eigenvalue weighted by Gasteiger charge is -2.33. The molecular formula is C15H20N2O2. The summed E-state index contributed by atoms with van der Waals surface area (Å²) >= 11 is 0. The van der Waals surface area contributed by atoms with Crippen molar-refractivity contribution in [3.8, 4) is 0 Å². The molecule has 1 aliphatic carbocycles. The van der Waals surface area contributed by atoms with Crippen LogP contribution in [0.2, 0.25) is 0 Å². The van der Waals surface area contributed by atoms with Gasteiger partial charge in [0.1, 0.15) is 5.82 Å². The number of nitrogens with zero attached hydrogens (tertiary/aromatic N) is 2. The van der Waals surface area contributed by atoms with Gasteiger partial charge in [-0.15, -0.1) is 0 Å². The number of rotatable bonds is 3. The Kier molecular flexibility index (Phi) is 3.17. The van der Waals surface area contributed by atoms with Gasteiger partial charge in [0, 0.05) is 19.3 Å². The average molecular weight is 260 g/mol. The van der Waals surface area contributed by atoms with Crippen LogP contribution in [0.1, 0.15) is 43.0 Å². The van der Waals surface area contributed by atoms with Gasteiger partial charge in [-0.05, 0) is 50.2 Å². The Balaban J connectivity index is 1.70. The second-order valence-corrected chi connectivity index (χ2v) is 5.65. The van der Waals surface area contributed by atoms with Gasteiger partial charge in [0.05, 0.1) is 12.2 Å². The molecule has 0 atom stereocenters. The van der Waals surface area contributed by atoms with Crippen molar-refractivity contribution in [2.24, 2.45) is 5.41 Å². The first kappa shape index (κ1) is 12.5. The van der Waals surface area contributed by atoms with Crippen LogP contribution in [0.15, 0.2) is 18.3 Å². The van der Waals surface area contributed by atoms with Crippen LogP contribution in [-0.2, 0) is 4.74 Å². The number of carbonyl (C=O) groups excluding carboxylic acids is 1. The minimum absolute atomic E-state index is 0.293. The van der Waals surface area contributed by atoms with Crippen molar-refractivity contribution in [3.63, 3.8) is 0 Å². The highest BCUT2D eigenvalue weighted by Gasteiger charge is 2.45. The van der Waals surface area contributed by atoms with E-state index < -0.39 is 0 Å². The Labute approximate surface area is 113 Å². The van der Waals surface area contributed by atoms with E-state index in [4.69, 9.17) is 4.74 Å². The molecule has 0 aromatic carbocycles. The van der Waals surface area contributed by atoms with E-state index in [0.29, 0.717) is 17.6 Å². The highest BCUT2D eigenvalue weighted by molar-refractivity contribution is 5.89. The fourth-order valence-corrected chi connectivity index (χ4v) is 2.90. The number of pyridine rings is 1. The summed E-state index contributed by atoms with van der Waals surface area (Å²) < 4.78 is 4.96. The molecule has 1 aliphatic heterocycles. The lowest BCUT2D eigenvalue weighted by Crippen LogP contribution is -2.36. The summed E-state index contributed by atoms with van der Waals surface area (Å²) in [5.41, 5.74) is 1.11. The SMILES string of the molecule is CCOC(=O)c1ccc(N2CCCC3(CC3)C2)nc1. The molecule has 1 saturated heterocycles. The van der Waals surface area contributed by atoms with Gasteiger partial charge in [0.25, 0.3) is 0 Å². The second-order valence-electron chi connectivity index (χ2n) is 5.65. The summed E-state index contributed by atoms with van der Waals surface area (Å²) in [5.74, 6) is 0.692. The monoisotopic (exact) mass is 260 g/mol. The maximum Gasteiger partial charge on any atom is 0.339 e. The first-order valence-electron chi connectivity index (χ1n) is 7.11. The Bertz CT molecular complexity index is 466. The highest BCUT2D eigenvalue weighted by atomic mass is 16.5. The largest absolute Gasteiger partial charge is 0.462 e. The Morgan fingerprint density at radius 2 is 2.26 bits per heavy atom. The third kappa shape index (κ3) is 2.57. The molecule has 0 N–H and O–H groups in total. The number of aromatic nitrogens is 1. The summed E-state index contributed by atoms with van der Waals surface area (Å²) in [6, 6.07) is 3.75. The van der Waals surface area contributed by atoms with Crippen molar-refractivity contribution in [3.05, 3.63) is 23.9 Å². The quantitative estimate of drug-likeness (QED) is 0.784. The standard InChI is InChI=1S/C15H20N2O2/c1-2-19-14(18)12-4-5-13(16-10-12)17-9-3-6-15(11-17)7-8-15/h4-5,10H,2-3,6-9,11H2,1H3. The van der Waals surface area contributed by atoms with Crippen molar-refractivity contribution in [2.75, 3.05) is 24.6 Å². The molecule has 3 rings (SSSR count). The number of carbonyl (C=O) groups is 1. The zero-order valence-electron chi connectivity index (χ0n) is 11.4. The molecule has 1 aromatic heterocycles. The van der Waals surface area contributed by atoms with E-state index in [1.54, 1.807) is 6.20 Å². The van der Waals surface area contributed by atoms with E-state index in [1.165, 1.54) is 25.7 Å². The van der Waals surface area contributed by atoms with Crippen molar-refractivity contribution < 1.29 is 9.53 Å². The van der Waals surface area contributed by atoms with Crippen molar-refractivity contribution in [1.29, 1.82) is 0 Å². The van der Waals surface area contributed by atoms with Gasteiger partial charge in [-0.1, -0.05) is 0 Å². The summed E-state index contributed by atoms with van der Waals surface area (Å²) in [5, 5.41) is 0. The van der Waals surface area contributed by atoms with Gasteiger partial charge in [0.2, 0.25) is 0 Å². The van der Waals surface area contributed by atoms with Crippen molar-refractivity contribution in [2.45, 2.75) is 32.6 Å². The van der Waals surface area contributed by atoms with Gasteiger partial charge in [-0.25, -0.2) is 9.78 Å². The molecule has 2 aliphatic rings. The van der Waals surface area contributed by atoms with E-state index in [1.807, 2.05) is 19.1 Å². The molecule has 1 spiro atoms. The first-order chi connectivity index (χ1) is 9.22. The van der Waals surface area contributed by atoms with Crippen LogP contribution in [-0.4, -0.2) is 30.6 Å². The third-order valence-electron chi connectivity index (χ3n) is 4.20. The van der Waals surface area contributed by atoms with E-state index in [0.717, 1.165) is 18.9 Å². The Hall–Kier alpha value is -1.58. The molecule has 0 amide bonds. The maximum atomic E-state index is 11.6. The van der Waals surface area contributed by atoms with Crippen LogP contribution >= 0.6 is 0 Å². The third-order valence-corrected chi connectivity index (χ3v) is 4.20. The van der Waals surface area contributed by atoms with Gasteiger partial charge in [-0.2, -0.15) is 0 Å². The van der Waals surface area contributed by atoms with Crippen LogP contribution in [0.5, 0.6) is 0 Å². The molecule has 4 nitrogen and oxygen atoms in total. The topological polar surface area (TPSA) is 42.4 Å². The minimum atomic E-state index is -0.293. The maximum absolute atomic E-state index is 11.6. The van der Waals surface area contributed by atoms with E-state index in [9.17, 15) is 4.79 Å². The number of anilines is 1. The molecule has 1 saturated carbocycles. The van der Waals surface area contributed by atoms with E-state index >= 15 is 0 Å². The normalized spacial score (nSPS) is 20.4. The Morgan fingerprint density at radius 1 is 1.42 bits per heavy atom. The molecule has 0 bridgehead atoms. The van der Waals surface area contributed by atoms with Gasteiger partial charge in [-0.3, -0.25) is 0 Å². The minimum Gasteiger partial charge on any atom is -0.462 e. The predicted octanol–water partition coefficient (Wildman–Crippen LogP) is 2.64. The fourth-order valence-electron chi connectivity index (χ4n) is 2.90. The summed E-state index contributed by atoms with van der Waals surface area (Å²) in [4.78, 5) is 18.3. The van der Waals surface area contributed by atoms with Crippen LogP contribution < -0.4 is 4.90 Å². The molecule has 0 radical (unpaired) electrons. The fraction of sp³-hybridized carbons (Fsp3) is 0.600. The van der Waals surface area contributed by atoms with Crippen LogP contribution in [0.25, 0.3) is 0 Å². The summed E-state index contributed by atoms with van der Waals surface area (Å²) in [7, 11) is 0. The number of hydrogen-bond acceptors (Lipinski definition) is 4. The Morgan fingerprint density at radius 3 is 2.89 bits per heavy atom. The molecule has 1 aromatic rings. The van der Waals surface area contributed by atoms with Gasteiger partial charge in [0.15, 0.2) is 0 Å². The lowest BCUT2D eigenvalue weighted by molar-refractivity contribution is 0.0526.